The Bertz CT molecular complexity index is 826. The lowest BCUT2D eigenvalue weighted by atomic mass is 10.1. The largest absolute Gasteiger partial charge is 0.347 e. The van der Waals surface area contributed by atoms with Gasteiger partial charge in [-0.3, -0.25) is 0 Å². The van der Waals surface area contributed by atoms with Crippen molar-refractivity contribution in [2.75, 3.05) is 13.1 Å². The van der Waals surface area contributed by atoms with Gasteiger partial charge in [0.2, 0.25) is 0 Å². The Morgan fingerprint density at radius 3 is 2.76 bits per heavy atom. The van der Waals surface area contributed by atoms with Crippen molar-refractivity contribution in [3.8, 4) is 0 Å². The quantitative estimate of drug-likeness (QED) is 0.760. The molecule has 4 nitrogen and oxygen atoms in total. The van der Waals surface area contributed by atoms with Crippen LogP contribution in [0, 0.1) is 0 Å². The molecular formula is C20H21N3OS. The van der Waals surface area contributed by atoms with Crippen molar-refractivity contribution in [3.05, 3.63) is 82.3 Å². The van der Waals surface area contributed by atoms with Gasteiger partial charge in [0.05, 0.1) is 0 Å². The van der Waals surface area contributed by atoms with E-state index < -0.39 is 0 Å². The number of rotatable bonds is 4. The lowest BCUT2D eigenvalue weighted by Crippen LogP contribution is -2.47. The number of thiophene rings is 1. The molecule has 3 aromatic rings. The molecule has 0 fully saturated rings. The summed E-state index contributed by atoms with van der Waals surface area (Å²) in [6, 6.07) is 18.6. The molecule has 1 N–H and O–H groups in total. The van der Waals surface area contributed by atoms with Gasteiger partial charge in [-0.2, -0.15) is 0 Å². The van der Waals surface area contributed by atoms with E-state index in [2.05, 4.69) is 51.8 Å². The van der Waals surface area contributed by atoms with Gasteiger partial charge in [-0.15, -0.1) is 11.3 Å². The fourth-order valence-corrected chi connectivity index (χ4v) is 4.26. The molecule has 1 aliphatic heterocycles. The van der Waals surface area contributed by atoms with Crippen LogP contribution in [0.2, 0.25) is 0 Å². The highest BCUT2D eigenvalue weighted by Crippen LogP contribution is 2.34. The molecule has 1 aliphatic rings. The average Bonchev–Trinajstić information content (AvgIpc) is 3.33. The molecule has 1 atom stereocenters. The molecular weight excluding hydrogens is 330 g/mol. The molecule has 3 heterocycles. The minimum atomic E-state index is 0.000440. The summed E-state index contributed by atoms with van der Waals surface area (Å²) in [4.78, 5) is 16.0. The van der Waals surface area contributed by atoms with E-state index in [1.165, 1.54) is 16.1 Å². The molecule has 2 amide bonds. The van der Waals surface area contributed by atoms with E-state index in [1.807, 2.05) is 29.2 Å². The van der Waals surface area contributed by atoms with Crippen molar-refractivity contribution in [3.63, 3.8) is 0 Å². The van der Waals surface area contributed by atoms with Gasteiger partial charge < -0.3 is 14.8 Å². The summed E-state index contributed by atoms with van der Waals surface area (Å²) >= 11 is 1.70. The number of aromatic nitrogens is 1. The minimum absolute atomic E-state index is 0.000440. The number of urea groups is 1. The first-order valence-corrected chi connectivity index (χ1v) is 9.48. The topological polar surface area (TPSA) is 37.3 Å². The number of carbonyl (C=O) groups is 1. The fourth-order valence-electron chi connectivity index (χ4n) is 3.41. The second-order valence-electron chi connectivity index (χ2n) is 6.21. The van der Waals surface area contributed by atoms with Crippen molar-refractivity contribution in [1.82, 2.24) is 14.8 Å². The molecule has 25 heavy (non-hydrogen) atoms. The summed E-state index contributed by atoms with van der Waals surface area (Å²) in [6.45, 7) is 2.22. The minimum Gasteiger partial charge on any atom is -0.347 e. The van der Waals surface area contributed by atoms with Gasteiger partial charge >= 0.3 is 6.03 Å². The normalized spacial score (nSPS) is 16.5. The smallest absolute Gasteiger partial charge is 0.318 e. The zero-order valence-electron chi connectivity index (χ0n) is 14.0. The second kappa shape index (κ2) is 7.15. The Kier molecular flexibility index (Phi) is 4.57. The van der Waals surface area contributed by atoms with Crippen molar-refractivity contribution in [2.24, 2.45) is 0 Å². The third-order valence-electron chi connectivity index (χ3n) is 4.64. The predicted molar refractivity (Wildman–Crippen MR) is 101 cm³/mol. The van der Waals surface area contributed by atoms with Gasteiger partial charge in [-0.25, -0.2) is 4.79 Å². The van der Waals surface area contributed by atoms with Gasteiger partial charge in [-0.05, 0) is 35.6 Å². The van der Waals surface area contributed by atoms with E-state index >= 15 is 0 Å². The number of nitrogens with zero attached hydrogens (tertiary/aromatic N) is 2. The van der Waals surface area contributed by atoms with E-state index in [0.29, 0.717) is 6.54 Å². The fraction of sp³-hybridized carbons (Fsp3) is 0.250. The Labute approximate surface area is 151 Å². The molecule has 0 bridgehead atoms. The third-order valence-corrected chi connectivity index (χ3v) is 5.57. The average molecular weight is 351 g/mol. The van der Waals surface area contributed by atoms with E-state index in [-0.39, 0.29) is 12.1 Å². The van der Waals surface area contributed by atoms with Gasteiger partial charge in [0.15, 0.2) is 0 Å². The molecule has 1 unspecified atom stereocenters. The highest BCUT2D eigenvalue weighted by Gasteiger charge is 2.32. The van der Waals surface area contributed by atoms with Crippen LogP contribution in [-0.4, -0.2) is 28.6 Å². The van der Waals surface area contributed by atoms with Crippen molar-refractivity contribution < 1.29 is 4.79 Å². The van der Waals surface area contributed by atoms with Gasteiger partial charge in [0.1, 0.15) is 6.04 Å². The second-order valence-corrected chi connectivity index (χ2v) is 7.18. The Morgan fingerprint density at radius 2 is 1.96 bits per heavy atom. The number of hydrogen-bond donors (Lipinski definition) is 1. The summed E-state index contributed by atoms with van der Waals surface area (Å²) in [5, 5.41) is 5.17. The molecule has 5 heteroatoms. The van der Waals surface area contributed by atoms with Crippen LogP contribution in [-0.2, 0) is 13.0 Å². The van der Waals surface area contributed by atoms with Crippen molar-refractivity contribution in [2.45, 2.75) is 19.0 Å². The molecule has 0 saturated carbocycles. The summed E-state index contributed by atoms with van der Waals surface area (Å²) in [5.74, 6) is 0. The highest BCUT2D eigenvalue weighted by molar-refractivity contribution is 7.10. The van der Waals surface area contributed by atoms with Gasteiger partial charge in [-0.1, -0.05) is 36.4 Å². The monoisotopic (exact) mass is 351 g/mol. The van der Waals surface area contributed by atoms with Gasteiger partial charge in [0, 0.05) is 36.4 Å². The molecule has 4 rings (SSSR count). The van der Waals surface area contributed by atoms with Crippen LogP contribution in [0.1, 0.15) is 22.2 Å². The Morgan fingerprint density at radius 1 is 1.08 bits per heavy atom. The SMILES string of the molecule is O=C(NCCc1ccccc1)N1CCn2cccc2C1c1cccs1. The van der Waals surface area contributed by atoms with E-state index in [4.69, 9.17) is 0 Å². The van der Waals surface area contributed by atoms with Crippen LogP contribution in [0.5, 0.6) is 0 Å². The maximum atomic E-state index is 12.8. The highest BCUT2D eigenvalue weighted by atomic mass is 32.1. The zero-order chi connectivity index (χ0) is 17.1. The van der Waals surface area contributed by atoms with E-state index in [1.54, 1.807) is 11.3 Å². The van der Waals surface area contributed by atoms with Crippen LogP contribution in [0.3, 0.4) is 0 Å². The summed E-state index contributed by atoms with van der Waals surface area (Å²) in [6.07, 6.45) is 2.95. The van der Waals surface area contributed by atoms with Crippen molar-refractivity contribution in [1.29, 1.82) is 0 Å². The lowest BCUT2D eigenvalue weighted by Gasteiger charge is -2.36. The van der Waals surface area contributed by atoms with E-state index in [0.717, 1.165) is 19.5 Å². The first-order valence-electron chi connectivity index (χ1n) is 8.60. The summed E-state index contributed by atoms with van der Waals surface area (Å²) in [5.41, 5.74) is 2.43. The standard InChI is InChI=1S/C20H21N3OS/c24-20(21-11-10-16-6-2-1-3-7-16)23-14-13-22-12-4-8-17(22)19(23)18-9-5-15-25-18/h1-9,12,15,19H,10-11,13-14H2,(H,21,24). The Hall–Kier alpha value is -2.53. The summed E-state index contributed by atoms with van der Waals surface area (Å²) < 4.78 is 2.25. The molecule has 1 aromatic carbocycles. The number of fused-ring (bicyclic) bond motifs is 1. The van der Waals surface area contributed by atoms with Crippen LogP contribution in [0.4, 0.5) is 4.79 Å². The maximum absolute atomic E-state index is 12.8. The first kappa shape index (κ1) is 16.0. The van der Waals surface area contributed by atoms with Crippen LogP contribution in [0.25, 0.3) is 0 Å². The van der Waals surface area contributed by atoms with E-state index in [9.17, 15) is 4.79 Å². The van der Waals surface area contributed by atoms with Crippen LogP contribution >= 0.6 is 11.3 Å². The number of amides is 2. The summed E-state index contributed by atoms with van der Waals surface area (Å²) in [7, 11) is 0. The number of nitrogens with one attached hydrogen (secondary N) is 1. The van der Waals surface area contributed by atoms with Crippen LogP contribution in [0.15, 0.2) is 66.2 Å². The number of hydrogen-bond acceptors (Lipinski definition) is 2. The third kappa shape index (κ3) is 3.33. The van der Waals surface area contributed by atoms with Gasteiger partial charge in [0.25, 0.3) is 0 Å². The molecule has 128 valence electrons. The molecule has 0 spiro atoms. The lowest BCUT2D eigenvalue weighted by molar-refractivity contribution is 0.170. The Balaban J connectivity index is 1.47. The predicted octanol–water partition coefficient (Wildman–Crippen LogP) is 3.91. The van der Waals surface area contributed by atoms with Crippen molar-refractivity contribution >= 4 is 17.4 Å². The number of benzene rings is 1. The zero-order valence-corrected chi connectivity index (χ0v) is 14.8. The molecule has 0 aliphatic carbocycles. The molecule has 0 radical (unpaired) electrons. The molecule has 2 aromatic heterocycles. The maximum Gasteiger partial charge on any atom is 0.318 e. The molecule has 0 saturated heterocycles. The first-order chi connectivity index (χ1) is 12.3. The van der Waals surface area contributed by atoms with Crippen LogP contribution < -0.4 is 5.32 Å². The number of carbonyl (C=O) groups excluding carboxylic acids is 1.